The van der Waals surface area contributed by atoms with Crippen molar-refractivity contribution in [1.29, 1.82) is 0 Å². The molecule has 0 spiro atoms. The fourth-order valence-electron chi connectivity index (χ4n) is 2.52. The molecule has 120 valence electrons. The Morgan fingerprint density at radius 1 is 1.05 bits per heavy atom. The van der Waals surface area contributed by atoms with Gasteiger partial charge in [0.15, 0.2) is 0 Å². The molecule has 0 aliphatic rings. The largest absolute Gasteiger partial charge is 0.323 e. The van der Waals surface area contributed by atoms with Crippen LogP contribution < -0.4 is 5.73 Å². The lowest BCUT2D eigenvalue weighted by molar-refractivity contribution is 0.232. The van der Waals surface area contributed by atoms with Crippen molar-refractivity contribution in [3.05, 3.63) is 35.4 Å². The van der Waals surface area contributed by atoms with Gasteiger partial charge in [0.05, 0.1) is 0 Å². The Hall–Kier alpha value is -0.860. The van der Waals surface area contributed by atoms with Crippen LogP contribution in [0, 0.1) is 5.92 Å². The van der Waals surface area contributed by atoms with Crippen molar-refractivity contribution >= 4 is 0 Å². The molecule has 1 aromatic carbocycles. The van der Waals surface area contributed by atoms with Crippen LogP contribution in [0.2, 0.25) is 0 Å². The van der Waals surface area contributed by atoms with E-state index >= 15 is 0 Å². The normalized spacial score (nSPS) is 15.2. The lowest BCUT2D eigenvalue weighted by Crippen LogP contribution is -2.35. The highest BCUT2D eigenvalue weighted by Gasteiger charge is 2.16. The molecule has 0 radical (unpaired) electrons. The summed E-state index contributed by atoms with van der Waals surface area (Å²) in [5.74, 6) is 0.736. The Morgan fingerprint density at radius 2 is 1.62 bits per heavy atom. The third-order valence-corrected chi connectivity index (χ3v) is 4.37. The quantitative estimate of drug-likeness (QED) is 0.809. The lowest BCUT2D eigenvalue weighted by atomic mass is 9.86. The molecule has 2 heteroatoms. The van der Waals surface area contributed by atoms with Crippen LogP contribution in [0.15, 0.2) is 24.3 Å². The zero-order valence-corrected chi connectivity index (χ0v) is 14.8. The SMILES string of the molecule is CCC(C)CN(CC)CC(N)c1ccc(C(C)(C)C)cc1. The van der Waals surface area contributed by atoms with E-state index in [-0.39, 0.29) is 11.5 Å². The van der Waals surface area contributed by atoms with E-state index in [4.69, 9.17) is 5.73 Å². The van der Waals surface area contributed by atoms with Crippen LogP contribution in [-0.2, 0) is 5.41 Å². The second-order valence-electron chi connectivity index (χ2n) is 7.34. The van der Waals surface area contributed by atoms with E-state index in [9.17, 15) is 0 Å². The van der Waals surface area contributed by atoms with Gasteiger partial charge in [0.1, 0.15) is 0 Å². The summed E-state index contributed by atoms with van der Waals surface area (Å²) >= 11 is 0. The molecule has 0 saturated heterocycles. The topological polar surface area (TPSA) is 29.3 Å². The molecule has 2 N–H and O–H groups in total. The minimum atomic E-state index is 0.100. The van der Waals surface area contributed by atoms with Crippen LogP contribution in [0.5, 0.6) is 0 Å². The monoisotopic (exact) mass is 290 g/mol. The molecule has 2 nitrogen and oxygen atoms in total. The van der Waals surface area contributed by atoms with Gasteiger partial charge in [-0.3, -0.25) is 0 Å². The predicted molar refractivity (Wildman–Crippen MR) is 93.6 cm³/mol. The summed E-state index contributed by atoms with van der Waals surface area (Å²) in [6.45, 7) is 16.7. The Bertz CT molecular complexity index is 403. The number of hydrogen-bond acceptors (Lipinski definition) is 2. The number of benzene rings is 1. The molecule has 1 rings (SSSR count). The first-order valence-electron chi connectivity index (χ1n) is 8.36. The highest BCUT2D eigenvalue weighted by atomic mass is 15.1. The first-order valence-corrected chi connectivity index (χ1v) is 8.36. The average molecular weight is 290 g/mol. The summed E-state index contributed by atoms with van der Waals surface area (Å²) in [6, 6.07) is 8.94. The molecular weight excluding hydrogens is 256 g/mol. The standard InChI is InChI=1S/C19H34N2/c1-7-15(3)13-21(8-2)14-18(20)16-9-11-17(12-10-16)19(4,5)6/h9-12,15,18H,7-8,13-14,20H2,1-6H3. The smallest absolute Gasteiger partial charge is 0.0424 e. The van der Waals surface area contributed by atoms with E-state index in [1.54, 1.807) is 0 Å². The second kappa shape index (κ2) is 7.95. The maximum Gasteiger partial charge on any atom is 0.0424 e. The summed E-state index contributed by atoms with van der Waals surface area (Å²) in [5, 5.41) is 0. The number of hydrogen-bond donors (Lipinski definition) is 1. The molecule has 0 aliphatic carbocycles. The van der Waals surface area contributed by atoms with Crippen molar-refractivity contribution in [3.8, 4) is 0 Å². The highest BCUT2D eigenvalue weighted by Crippen LogP contribution is 2.23. The lowest BCUT2D eigenvalue weighted by Gasteiger charge is -2.27. The van der Waals surface area contributed by atoms with Crippen molar-refractivity contribution in [3.63, 3.8) is 0 Å². The fourth-order valence-corrected chi connectivity index (χ4v) is 2.52. The Kier molecular flexibility index (Phi) is 6.89. The fraction of sp³-hybridized carbons (Fsp3) is 0.684. The Labute approximate surface area is 131 Å². The summed E-state index contributed by atoms with van der Waals surface area (Å²) in [5.41, 5.74) is 9.22. The molecule has 0 bridgehead atoms. The second-order valence-corrected chi connectivity index (χ2v) is 7.34. The van der Waals surface area contributed by atoms with Crippen molar-refractivity contribution in [2.24, 2.45) is 11.7 Å². The predicted octanol–water partition coefficient (Wildman–Crippen LogP) is 4.35. The van der Waals surface area contributed by atoms with Crippen LogP contribution in [-0.4, -0.2) is 24.5 Å². The van der Waals surface area contributed by atoms with Gasteiger partial charge in [-0.15, -0.1) is 0 Å². The zero-order chi connectivity index (χ0) is 16.0. The van der Waals surface area contributed by atoms with Crippen LogP contribution >= 0.6 is 0 Å². The summed E-state index contributed by atoms with van der Waals surface area (Å²) in [4.78, 5) is 2.47. The minimum Gasteiger partial charge on any atom is -0.323 e. The number of likely N-dealkylation sites (N-methyl/N-ethyl adjacent to an activating group) is 1. The van der Waals surface area contributed by atoms with Crippen LogP contribution in [0.3, 0.4) is 0 Å². The van der Waals surface area contributed by atoms with Gasteiger partial charge in [0.2, 0.25) is 0 Å². The molecule has 0 heterocycles. The van der Waals surface area contributed by atoms with E-state index in [0.717, 1.165) is 25.6 Å². The Balaban J connectivity index is 2.68. The van der Waals surface area contributed by atoms with E-state index in [1.807, 2.05) is 0 Å². The zero-order valence-electron chi connectivity index (χ0n) is 14.8. The number of nitrogens with zero attached hydrogens (tertiary/aromatic N) is 1. The molecule has 21 heavy (non-hydrogen) atoms. The molecule has 2 unspecified atom stereocenters. The molecular formula is C19H34N2. The number of nitrogens with two attached hydrogens (primary N) is 1. The molecule has 0 aliphatic heterocycles. The van der Waals surface area contributed by atoms with Gasteiger partial charge in [0.25, 0.3) is 0 Å². The van der Waals surface area contributed by atoms with Crippen molar-refractivity contribution in [2.75, 3.05) is 19.6 Å². The van der Waals surface area contributed by atoms with Gasteiger partial charge in [-0.05, 0) is 29.0 Å². The Morgan fingerprint density at radius 3 is 2.05 bits per heavy atom. The van der Waals surface area contributed by atoms with Gasteiger partial charge < -0.3 is 10.6 Å². The number of rotatable bonds is 7. The van der Waals surface area contributed by atoms with Crippen LogP contribution in [0.1, 0.15) is 65.1 Å². The summed E-state index contributed by atoms with van der Waals surface area (Å²) < 4.78 is 0. The third-order valence-electron chi connectivity index (χ3n) is 4.37. The van der Waals surface area contributed by atoms with Gasteiger partial charge in [0, 0.05) is 19.1 Å². The van der Waals surface area contributed by atoms with Gasteiger partial charge in [-0.1, -0.05) is 72.2 Å². The van der Waals surface area contributed by atoms with Crippen molar-refractivity contribution < 1.29 is 0 Å². The van der Waals surface area contributed by atoms with E-state index < -0.39 is 0 Å². The van der Waals surface area contributed by atoms with Crippen molar-refractivity contribution in [2.45, 2.75) is 59.4 Å². The third kappa shape index (κ3) is 5.80. The van der Waals surface area contributed by atoms with Gasteiger partial charge >= 0.3 is 0 Å². The average Bonchev–Trinajstić information content (AvgIpc) is 2.45. The molecule has 2 atom stereocenters. The van der Waals surface area contributed by atoms with Crippen LogP contribution in [0.4, 0.5) is 0 Å². The summed E-state index contributed by atoms with van der Waals surface area (Å²) in [6.07, 6.45) is 1.23. The molecule has 1 aromatic rings. The molecule has 0 fully saturated rings. The maximum atomic E-state index is 6.41. The first kappa shape index (κ1) is 18.2. The molecule has 0 aromatic heterocycles. The van der Waals surface area contributed by atoms with Crippen molar-refractivity contribution in [1.82, 2.24) is 4.90 Å². The van der Waals surface area contributed by atoms with Gasteiger partial charge in [-0.2, -0.15) is 0 Å². The first-order chi connectivity index (χ1) is 9.77. The summed E-state index contributed by atoms with van der Waals surface area (Å²) in [7, 11) is 0. The minimum absolute atomic E-state index is 0.100. The van der Waals surface area contributed by atoms with Crippen LogP contribution in [0.25, 0.3) is 0 Å². The van der Waals surface area contributed by atoms with E-state index in [0.29, 0.717) is 0 Å². The van der Waals surface area contributed by atoms with E-state index in [1.165, 1.54) is 17.5 Å². The van der Waals surface area contributed by atoms with Gasteiger partial charge in [-0.25, -0.2) is 0 Å². The maximum absolute atomic E-state index is 6.41. The molecule has 0 saturated carbocycles. The highest BCUT2D eigenvalue weighted by molar-refractivity contribution is 5.29. The molecule has 0 amide bonds. The van der Waals surface area contributed by atoms with E-state index in [2.05, 4.69) is 70.7 Å².